The molecule has 0 fully saturated rings. The third-order valence-electron chi connectivity index (χ3n) is 5.65. The van der Waals surface area contributed by atoms with Gasteiger partial charge in [-0.3, -0.25) is 9.93 Å². The molecule has 1 aromatic heterocycles. The minimum atomic E-state index is -0.0727. The molecule has 0 saturated heterocycles. The number of nitrogens with two attached hydrogens (primary N) is 2. The summed E-state index contributed by atoms with van der Waals surface area (Å²) in [6.45, 7) is 3.34. The number of aromatic amines is 1. The molecule has 3 aromatic carbocycles. The highest BCUT2D eigenvalue weighted by atomic mass is 32.2. The summed E-state index contributed by atoms with van der Waals surface area (Å²) in [5.41, 5.74) is 12.1. The Kier molecular flexibility index (Phi) is 5.24. The van der Waals surface area contributed by atoms with E-state index in [1.165, 1.54) is 0 Å². The number of aryl methyl sites for hydroxylation is 1. The molecular formula is C24H23N5O2S. The standard InChI is InChI=1S/C24H23N5O2S/c1-14-27-20-6-3-16(11-21(20)28-14)15-4-7-22-18(10-15)13-29(8-9-31-22)24(30)17-2-5-19(25)23(12-17)32-26/h2-7,10-12H,8-9,13,25-26H2,1H3,(H,27,28). The number of fused-ring (bicyclic) bond motifs is 2. The van der Waals surface area contributed by atoms with E-state index in [-0.39, 0.29) is 5.91 Å². The second-order valence-corrected chi connectivity index (χ2v) is 8.50. The van der Waals surface area contributed by atoms with Crippen LogP contribution in [0.15, 0.2) is 59.5 Å². The van der Waals surface area contributed by atoms with Crippen LogP contribution in [-0.4, -0.2) is 33.9 Å². The number of aromatic nitrogens is 2. The monoisotopic (exact) mass is 445 g/mol. The number of carbonyl (C=O) groups excluding carboxylic acids is 1. The van der Waals surface area contributed by atoms with Crippen LogP contribution in [0.25, 0.3) is 22.2 Å². The normalized spacial score (nSPS) is 13.5. The molecule has 1 aliphatic rings. The number of nitrogens with one attached hydrogen (secondary N) is 1. The van der Waals surface area contributed by atoms with E-state index in [2.05, 4.69) is 28.2 Å². The van der Waals surface area contributed by atoms with Gasteiger partial charge in [-0.15, -0.1) is 0 Å². The second kappa shape index (κ2) is 8.22. The molecule has 162 valence electrons. The van der Waals surface area contributed by atoms with Crippen LogP contribution in [0.1, 0.15) is 21.7 Å². The molecule has 32 heavy (non-hydrogen) atoms. The number of H-pyrrole nitrogens is 1. The van der Waals surface area contributed by atoms with Crippen LogP contribution < -0.4 is 15.6 Å². The predicted octanol–water partition coefficient (Wildman–Crippen LogP) is 4.12. The highest BCUT2D eigenvalue weighted by Gasteiger charge is 2.22. The smallest absolute Gasteiger partial charge is 0.254 e. The molecule has 1 aliphatic heterocycles. The van der Waals surface area contributed by atoms with Crippen molar-refractivity contribution in [2.75, 3.05) is 18.9 Å². The van der Waals surface area contributed by atoms with Crippen molar-refractivity contribution in [1.29, 1.82) is 0 Å². The van der Waals surface area contributed by atoms with Gasteiger partial charge in [-0.2, -0.15) is 0 Å². The van der Waals surface area contributed by atoms with Gasteiger partial charge in [0.2, 0.25) is 0 Å². The van der Waals surface area contributed by atoms with Gasteiger partial charge in [0, 0.05) is 28.3 Å². The van der Waals surface area contributed by atoms with E-state index in [9.17, 15) is 4.79 Å². The maximum Gasteiger partial charge on any atom is 0.254 e. The summed E-state index contributed by atoms with van der Waals surface area (Å²) in [6, 6.07) is 17.5. The van der Waals surface area contributed by atoms with Gasteiger partial charge in [-0.25, -0.2) is 4.98 Å². The van der Waals surface area contributed by atoms with Gasteiger partial charge in [0.05, 0.1) is 17.6 Å². The minimum absolute atomic E-state index is 0.0727. The first-order valence-corrected chi connectivity index (χ1v) is 11.2. The fourth-order valence-electron chi connectivity index (χ4n) is 4.02. The molecule has 5 N–H and O–H groups in total. The number of imidazole rings is 1. The molecule has 7 nitrogen and oxygen atoms in total. The number of nitrogen functional groups attached to an aromatic ring is 1. The summed E-state index contributed by atoms with van der Waals surface area (Å²) in [7, 11) is 0. The quantitative estimate of drug-likeness (QED) is 0.323. The predicted molar refractivity (Wildman–Crippen MR) is 127 cm³/mol. The third-order valence-corrected chi connectivity index (χ3v) is 6.26. The zero-order valence-electron chi connectivity index (χ0n) is 17.6. The molecule has 8 heteroatoms. The number of rotatable bonds is 3. The van der Waals surface area contributed by atoms with Crippen LogP contribution in [-0.2, 0) is 6.54 Å². The van der Waals surface area contributed by atoms with Gasteiger partial charge >= 0.3 is 0 Å². The van der Waals surface area contributed by atoms with E-state index < -0.39 is 0 Å². The molecule has 2 heterocycles. The molecule has 1 amide bonds. The molecule has 4 aromatic rings. The number of benzene rings is 3. The van der Waals surface area contributed by atoms with E-state index in [1.54, 1.807) is 23.1 Å². The Hall–Kier alpha value is -3.49. The lowest BCUT2D eigenvalue weighted by molar-refractivity contribution is 0.0733. The summed E-state index contributed by atoms with van der Waals surface area (Å²) in [6.07, 6.45) is 0. The first kappa shape index (κ1) is 20.4. The van der Waals surface area contributed by atoms with E-state index in [4.69, 9.17) is 15.6 Å². The third kappa shape index (κ3) is 3.79. The molecule has 0 atom stereocenters. The Morgan fingerprint density at radius 2 is 1.94 bits per heavy atom. The topological polar surface area (TPSA) is 110 Å². The van der Waals surface area contributed by atoms with E-state index in [0.29, 0.717) is 35.8 Å². The van der Waals surface area contributed by atoms with Crippen molar-refractivity contribution >= 4 is 34.6 Å². The molecule has 0 aliphatic carbocycles. The van der Waals surface area contributed by atoms with Crippen molar-refractivity contribution in [2.45, 2.75) is 18.4 Å². The fourth-order valence-corrected chi connectivity index (χ4v) is 4.42. The molecule has 0 saturated carbocycles. The van der Waals surface area contributed by atoms with Crippen molar-refractivity contribution in [3.05, 3.63) is 71.5 Å². The highest BCUT2D eigenvalue weighted by molar-refractivity contribution is 7.97. The average molecular weight is 446 g/mol. The summed E-state index contributed by atoms with van der Waals surface area (Å²) in [4.78, 5) is 23.5. The van der Waals surface area contributed by atoms with Gasteiger partial charge < -0.3 is 20.4 Å². The summed E-state index contributed by atoms with van der Waals surface area (Å²) >= 11 is 1.04. The number of hydrogen-bond donors (Lipinski definition) is 3. The zero-order chi connectivity index (χ0) is 22.2. The maximum atomic E-state index is 13.2. The number of carbonyl (C=O) groups is 1. The van der Waals surface area contributed by atoms with Crippen molar-refractivity contribution in [1.82, 2.24) is 14.9 Å². The molecule has 0 unspecified atom stereocenters. The van der Waals surface area contributed by atoms with Crippen LogP contribution in [0.3, 0.4) is 0 Å². The van der Waals surface area contributed by atoms with Crippen LogP contribution in [0.5, 0.6) is 5.75 Å². The summed E-state index contributed by atoms with van der Waals surface area (Å²) in [5.74, 6) is 1.62. The molecule has 0 bridgehead atoms. The molecular weight excluding hydrogens is 422 g/mol. The zero-order valence-corrected chi connectivity index (χ0v) is 18.4. The Bertz CT molecular complexity index is 1330. The van der Waals surface area contributed by atoms with E-state index in [0.717, 1.165) is 51.2 Å². The fraction of sp³-hybridized carbons (Fsp3) is 0.167. The largest absolute Gasteiger partial charge is 0.491 e. The second-order valence-electron chi connectivity index (χ2n) is 7.82. The van der Waals surface area contributed by atoms with Crippen molar-refractivity contribution in [2.24, 2.45) is 5.14 Å². The van der Waals surface area contributed by atoms with Gasteiger partial charge in [-0.1, -0.05) is 12.1 Å². The number of ether oxygens (including phenoxy) is 1. The van der Waals surface area contributed by atoms with Crippen LogP contribution >= 0.6 is 11.9 Å². The number of nitrogens with zero attached hydrogens (tertiary/aromatic N) is 2. The van der Waals surface area contributed by atoms with Gasteiger partial charge in [0.25, 0.3) is 5.91 Å². The molecule has 0 spiro atoms. The van der Waals surface area contributed by atoms with Crippen LogP contribution in [0, 0.1) is 6.92 Å². The number of amides is 1. The van der Waals surface area contributed by atoms with Crippen LogP contribution in [0.4, 0.5) is 5.69 Å². The van der Waals surface area contributed by atoms with Gasteiger partial charge in [0.1, 0.15) is 18.2 Å². The Balaban J connectivity index is 1.45. The molecule has 5 rings (SSSR count). The Morgan fingerprint density at radius 3 is 2.78 bits per heavy atom. The molecule has 0 radical (unpaired) electrons. The number of anilines is 1. The van der Waals surface area contributed by atoms with Crippen molar-refractivity contribution in [3.63, 3.8) is 0 Å². The lowest BCUT2D eigenvalue weighted by Crippen LogP contribution is -2.32. The Morgan fingerprint density at radius 1 is 1.12 bits per heavy atom. The highest BCUT2D eigenvalue weighted by Crippen LogP contribution is 2.31. The maximum absolute atomic E-state index is 13.2. The van der Waals surface area contributed by atoms with E-state index in [1.807, 2.05) is 25.1 Å². The van der Waals surface area contributed by atoms with Crippen molar-refractivity contribution < 1.29 is 9.53 Å². The van der Waals surface area contributed by atoms with Crippen molar-refractivity contribution in [3.8, 4) is 16.9 Å². The first-order chi connectivity index (χ1) is 15.5. The lowest BCUT2D eigenvalue weighted by atomic mass is 10.0. The minimum Gasteiger partial charge on any atom is -0.491 e. The summed E-state index contributed by atoms with van der Waals surface area (Å²) in [5, 5.41) is 5.68. The Labute approximate surface area is 189 Å². The number of hydrogen-bond acceptors (Lipinski definition) is 6. The first-order valence-electron chi connectivity index (χ1n) is 10.3. The summed E-state index contributed by atoms with van der Waals surface area (Å²) < 4.78 is 5.94. The lowest BCUT2D eigenvalue weighted by Gasteiger charge is -2.20. The van der Waals surface area contributed by atoms with Gasteiger partial charge in [0.15, 0.2) is 0 Å². The van der Waals surface area contributed by atoms with E-state index >= 15 is 0 Å². The SMILES string of the molecule is Cc1nc2ccc(-c3ccc4c(c3)CN(C(=O)c3ccc(N)c(SN)c3)CCO4)cc2[nH]1. The van der Waals surface area contributed by atoms with Gasteiger partial charge in [-0.05, 0) is 72.5 Å². The van der Waals surface area contributed by atoms with Crippen LogP contribution in [0.2, 0.25) is 0 Å². The average Bonchev–Trinajstić information content (AvgIpc) is 3.04.